The van der Waals surface area contributed by atoms with Crippen LogP contribution < -0.4 is 4.90 Å². The van der Waals surface area contributed by atoms with Crippen molar-refractivity contribution in [2.45, 2.75) is 90.0 Å². The molecule has 3 aliphatic rings. The normalized spacial score (nSPS) is 28.4. The van der Waals surface area contributed by atoms with Crippen molar-refractivity contribution in [3.8, 4) is 6.07 Å². The maximum atomic E-state index is 13.9. The van der Waals surface area contributed by atoms with E-state index in [2.05, 4.69) is 19.1 Å². The summed E-state index contributed by atoms with van der Waals surface area (Å²) in [6.07, 6.45) is 13.5. The van der Waals surface area contributed by atoms with Gasteiger partial charge in [-0.3, -0.25) is 4.79 Å². The van der Waals surface area contributed by atoms with Crippen LogP contribution in [0, 0.1) is 29.1 Å². The van der Waals surface area contributed by atoms with Gasteiger partial charge in [0.15, 0.2) is 0 Å². The van der Waals surface area contributed by atoms with E-state index < -0.39 is 5.97 Å². The second-order valence-electron chi connectivity index (χ2n) is 9.90. The molecule has 32 heavy (non-hydrogen) atoms. The zero-order valence-corrected chi connectivity index (χ0v) is 19.8. The van der Waals surface area contributed by atoms with Crippen molar-refractivity contribution < 1.29 is 14.7 Å². The Labute approximate surface area is 195 Å². The molecule has 0 aliphatic heterocycles. The molecule has 1 heterocycles. The molecular weight excluding hydrogens is 420 g/mol. The number of nitrogens with zero attached hydrogens (tertiary/aromatic N) is 2. The number of carbonyl (C=O) groups excluding carboxylic acids is 1. The Hall–Kier alpha value is -2.13. The highest BCUT2D eigenvalue weighted by Crippen LogP contribution is 2.42. The number of nitriles is 1. The average Bonchev–Trinajstić information content (AvgIpc) is 3.26. The summed E-state index contributed by atoms with van der Waals surface area (Å²) in [6.45, 7) is 2.24. The van der Waals surface area contributed by atoms with Crippen molar-refractivity contribution >= 4 is 34.5 Å². The minimum atomic E-state index is -0.951. The molecule has 1 aromatic heterocycles. The molecule has 1 amide bonds. The first-order chi connectivity index (χ1) is 15.5. The molecule has 172 valence electrons. The zero-order valence-electron chi connectivity index (χ0n) is 19.0. The highest BCUT2D eigenvalue weighted by Gasteiger charge is 2.37. The number of hydrogen-bond donors (Lipinski definition) is 1. The molecular formula is C26H34N2O3S. The fraction of sp³-hybridized carbons (Fsp3) is 0.654. The number of amides is 1. The van der Waals surface area contributed by atoms with Crippen LogP contribution in [0.4, 0.5) is 5.69 Å². The zero-order chi connectivity index (χ0) is 22.7. The molecule has 0 unspecified atom stereocenters. The lowest BCUT2D eigenvalue weighted by molar-refractivity contribution is -0.124. The summed E-state index contributed by atoms with van der Waals surface area (Å²) < 4.78 is 0. The fourth-order valence-electron chi connectivity index (χ4n) is 5.60. The van der Waals surface area contributed by atoms with Gasteiger partial charge in [0.05, 0.1) is 11.8 Å². The second kappa shape index (κ2) is 10.2. The van der Waals surface area contributed by atoms with Crippen LogP contribution in [-0.4, -0.2) is 23.0 Å². The number of hydrogen-bond acceptors (Lipinski definition) is 4. The third-order valence-electron chi connectivity index (χ3n) is 7.62. The highest BCUT2D eigenvalue weighted by atomic mass is 32.1. The van der Waals surface area contributed by atoms with Gasteiger partial charge in [-0.15, -0.1) is 11.3 Å². The molecule has 0 saturated heterocycles. The van der Waals surface area contributed by atoms with Gasteiger partial charge in [-0.25, -0.2) is 4.79 Å². The minimum absolute atomic E-state index is 0.0210. The average molecular weight is 455 g/mol. The Bertz CT molecular complexity index is 912. The van der Waals surface area contributed by atoms with E-state index in [-0.39, 0.29) is 28.7 Å². The molecule has 1 aromatic rings. The van der Waals surface area contributed by atoms with Crippen LogP contribution in [0.1, 0.15) is 98.5 Å². The third-order valence-corrected chi connectivity index (χ3v) is 8.81. The predicted octanol–water partition coefficient (Wildman–Crippen LogP) is 6.65. The molecule has 6 heteroatoms. The van der Waals surface area contributed by atoms with Crippen LogP contribution in [0.3, 0.4) is 0 Å². The van der Waals surface area contributed by atoms with Crippen molar-refractivity contribution in [1.82, 2.24) is 0 Å². The number of rotatable bonds is 5. The first-order valence-electron chi connectivity index (χ1n) is 12.3. The predicted molar refractivity (Wildman–Crippen MR) is 128 cm³/mol. The summed E-state index contributed by atoms with van der Waals surface area (Å²) in [5.41, 5.74) is 1.81. The molecule has 0 atom stereocenters. The summed E-state index contributed by atoms with van der Waals surface area (Å²) in [6, 6.07) is 4.33. The van der Waals surface area contributed by atoms with E-state index in [1.54, 1.807) is 0 Å². The van der Waals surface area contributed by atoms with Crippen LogP contribution in [-0.2, 0) is 4.79 Å². The largest absolute Gasteiger partial charge is 0.477 e. The molecule has 1 N–H and O–H groups in total. The van der Waals surface area contributed by atoms with Gasteiger partial charge < -0.3 is 10.0 Å². The van der Waals surface area contributed by atoms with Crippen LogP contribution in [0.2, 0.25) is 0 Å². The van der Waals surface area contributed by atoms with Crippen LogP contribution in [0.15, 0.2) is 12.1 Å². The van der Waals surface area contributed by atoms with Gasteiger partial charge >= 0.3 is 5.97 Å². The second-order valence-corrected chi connectivity index (χ2v) is 11.0. The molecule has 4 rings (SSSR count). The number of aromatic carboxylic acids is 1. The Morgan fingerprint density at radius 2 is 1.81 bits per heavy atom. The van der Waals surface area contributed by atoms with E-state index >= 15 is 0 Å². The first-order valence-corrected chi connectivity index (χ1v) is 13.1. The summed E-state index contributed by atoms with van der Waals surface area (Å²) in [7, 11) is 0. The first kappa shape index (κ1) is 23.0. The van der Waals surface area contributed by atoms with Gasteiger partial charge in [-0.2, -0.15) is 5.26 Å². The van der Waals surface area contributed by atoms with E-state index in [9.17, 15) is 20.0 Å². The van der Waals surface area contributed by atoms with Gasteiger partial charge in [-0.1, -0.05) is 13.0 Å². The lowest BCUT2D eigenvalue weighted by Crippen LogP contribution is -2.46. The van der Waals surface area contributed by atoms with Gasteiger partial charge in [0, 0.05) is 22.8 Å². The Morgan fingerprint density at radius 3 is 2.41 bits per heavy atom. The number of anilines is 1. The van der Waals surface area contributed by atoms with Gasteiger partial charge in [-0.05, 0) is 94.6 Å². The Morgan fingerprint density at radius 1 is 1.09 bits per heavy atom. The Kier molecular flexibility index (Phi) is 7.35. The van der Waals surface area contributed by atoms with Crippen molar-refractivity contribution in [1.29, 1.82) is 5.26 Å². The lowest BCUT2D eigenvalue weighted by Gasteiger charge is -2.38. The van der Waals surface area contributed by atoms with Crippen LogP contribution in [0.5, 0.6) is 0 Å². The van der Waals surface area contributed by atoms with Gasteiger partial charge in [0.25, 0.3) is 0 Å². The molecule has 0 aromatic carbocycles. The van der Waals surface area contributed by atoms with Crippen molar-refractivity contribution in [3.05, 3.63) is 21.9 Å². The smallest absolute Gasteiger partial charge is 0.348 e. The number of allylic oxidation sites excluding steroid dienone is 2. The number of carboxylic acid groups (broad SMARTS) is 1. The van der Waals surface area contributed by atoms with E-state index in [0.29, 0.717) is 11.6 Å². The number of thiophene rings is 1. The minimum Gasteiger partial charge on any atom is -0.477 e. The SMILES string of the molecule is C[C@H]1CC[C@H](C(=O)N(c2cc(C3=CCCCC3)sc2C(=O)O)[C@H]2CC[C@H](C#N)CC2)CC1. The molecule has 0 radical (unpaired) electrons. The number of carbonyl (C=O) groups is 2. The summed E-state index contributed by atoms with van der Waals surface area (Å²) in [5.74, 6) is -0.184. The molecule has 0 spiro atoms. The monoisotopic (exact) mass is 454 g/mol. The molecule has 2 fully saturated rings. The fourth-order valence-corrected chi connectivity index (χ4v) is 6.65. The summed E-state index contributed by atoms with van der Waals surface area (Å²) in [4.78, 5) is 29.3. The van der Waals surface area contributed by atoms with E-state index in [1.807, 2.05) is 11.0 Å². The third kappa shape index (κ3) is 4.93. The Balaban J connectivity index is 1.69. The maximum absolute atomic E-state index is 13.9. The van der Waals surface area contributed by atoms with Crippen molar-refractivity contribution in [3.63, 3.8) is 0 Å². The number of carboxylic acids is 1. The highest BCUT2D eigenvalue weighted by molar-refractivity contribution is 7.15. The molecule has 5 nitrogen and oxygen atoms in total. The topological polar surface area (TPSA) is 81.4 Å². The van der Waals surface area contributed by atoms with Gasteiger partial charge in [0.2, 0.25) is 5.91 Å². The standard InChI is InChI=1S/C26H34N2O3S/c1-17-7-11-20(12-8-17)25(29)28(21-13-9-18(16-27)10-14-21)22-15-23(32-24(22)26(30)31)19-5-3-2-4-6-19/h5,15,17-18,20-21H,2-4,6-14H2,1H3,(H,30,31)/t17-,18-,20-,21-. The van der Waals surface area contributed by atoms with E-state index in [1.165, 1.54) is 23.3 Å². The summed E-state index contributed by atoms with van der Waals surface area (Å²) >= 11 is 1.32. The molecule has 2 saturated carbocycles. The van der Waals surface area contributed by atoms with Crippen molar-refractivity contribution in [2.75, 3.05) is 4.90 Å². The van der Waals surface area contributed by atoms with E-state index in [0.717, 1.165) is 75.5 Å². The lowest BCUT2D eigenvalue weighted by atomic mass is 9.81. The van der Waals surface area contributed by atoms with E-state index in [4.69, 9.17) is 0 Å². The van der Waals surface area contributed by atoms with Crippen LogP contribution in [0.25, 0.3) is 5.57 Å². The quantitative estimate of drug-likeness (QED) is 0.540. The van der Waals surface area contributed by atoms with Gasteiger partial charge in [0.1, 0.15) is 4.88 Å². The maximum Gasteiger partial charge on any atom is 0.348 e. The van der Waals surface area contributed by atoms with Crippen molar-refractivity contribution in [2.24, 2.45) is 17.8 Å². The molecule has 0 bridgehead atoms. The van der Waals surface area contributed by atoms with Crippen LogP contribution >= 0.6 is 11.3 Å². The summed E-state index contributed by atoms with van der Waals surface area (Å²) in [5, 5.41) is 19.4. The molecule has 3 aliphatic carbocycles.